The Labute approximate surface area is 213 Å². The number of hydrogen-bond donors (Lipinski definition) is 1. The van der Waals surface area contributed by atoms with E-state index in [1.807, 2.05) is 27.8 Å². The molecule has 5 rings (SSSR count). The topological polar surface area (TPSA) is 93.0 Å². The van der Waals surface area contributed by atoms with Gasteiger partial charge in [0.2, 0.25) is 5.91 Å². The number of hydrogen-bond acceptors (Lipinski definition) is 5. The van der Waals surface area contributed by atoms with Crippen molar-refractivity contribution in [1.82, 2.24) is 24.6 Å². The van der Waals surface area contributed by atoms with E-state index in [0.717, 1.165) is 41.5 Å². The van der Waals surface area contributed by atoms with Crippen molar-refractivity contribution in [2.24, 2.45) is 5.92 Å². The summed E-state index contributed by atoms with van der Waals surface area (Å²) in [5, 5.41) is 9.05. The number of anilines is 1. The Kier molecular flexibility index (Phi) is 6.77. The van der Waals surface area contributed by atoms with Crippen molar-refractivity contribution in [3.63, 3.8) is 0 Å². The fourth-order valence-electron chi connectivity index (χ4n) is 4.63. The second kappa shape index (κ2) is 10.3. The highest BCUT2D eigenvalue weighted by molar-refractivity contribution is 6.35. The Morgan fingerprint density at radius 3 is 2.75 bits per heavy atom. The van der Waals surface area contributed by atoms with Crippen molar-refractivity contribution in [3.05, 3.63) is 84.3 Å². The van der Waals surface area contributed by atoms with Crippen LogP contribution in [0.2, 0.25) is 5.02 Å². The van der Waals surface area contributed by atoms with E-state index in [1.54, 1.807) is 42.9 Å². The molecule has 1 fully saturated rings. The molecule has 1 atom stereocenters. The molecule has 0 spiro atoms. The van der Waals surface area contributed by atoms with Gasteiger partial charge in [-0.25, -0.2) is 4.98 Å². The molecule has 8 nitrogen and oxygen atoms in total. The van der Waals surface area contributed by atoms with Gasteiger partial charge in [-0.05, 0) is 49.1 Å². The van der Waals surface area contributed by atoms with Crippen LogP contribution in [-0.4, -0.2) is 49.6 Å². The number of pyridine rings is 2. The number of carbonyl (C=O) groups excluding carboxylic acids is 2. The van der Waals surface area contributed by atoms with Gasteiger partial charge in [-0.15, -0.1) is 0 Å². The summed E-state index contributed by atoms with van der Waals surface area (Å²) in [4.78, 5) is 35.0. The van der Waals surface area contributed by atoms with Crippen LogP contribution in [0, 0.1) is 5.92 Å². The van der Waals surface area contributed by atoms with Gasteiger partial charge in [0.25, 0.3) is 5.91 Å². The molecule has 3 aromatic heterocycles. The zero-order valence-corrected chi connectivity index (χ0v) is 20.4. The first-order valence-corrected chi connectivity index (χ1v) is 12.2. The summed E-state index contributed by atoms with van der Waals surface area (Å²) >= 11 is 6.57. The van der Waals surface area contributed by atoms with Gasteiger partial charge in [0, 0.05) is 54.7 Å². The van der Waals surface area contributed by atoms with Crippen LogP contribution in [-0.2, 0) is 11.3 Å². The molecule has 0 saturated carbocycles. The number of piperidine rings is 1. The molecule has 1 aromatic carbocycles. The van der Waals surface area contributed by atoms with Crippen molar-refractivity contribution < 1.29 is 9.59 Å². The van der Waals surface area contributed by atoms with Crippen LogP contribution in [0.25, 0.3) is 22.2 Å². The molecule has 36 heavy (non-hydrogen) atoms. The zero-order valence-electron chi connectivity index (χ0n) is 19.6. The van der Waals surface area contributed by atoms with E-state index in [2.05, 4.69) is 21.9 Å². The quantitative estimate of drug-likeness (QED) is 0.383. The highest BCUT2D eigenvalue weighted by Crippen LogP contribution is 2.33. The zero-order chi connectivity index (χ0) is 25.1. The molecule has 0 radical (unpaired) electrons. The van der Waals surface area contributed by atoms with Crippen LogP contribution >= 0.6 is 11.6 Å². The summed E-state index contributed by atoms with van der Waals surface area (Å²) in [6, 6.07) is 12.6. The van der Waals surface area contributed by atoms with Gasteiger partial charge in [-0.1, -0.05) is 36.4 Å². The molecule has 1 saturated heterocycles. The second-order valence-corrected chi connectivity index (χ2v) is 9.20. The van der Waals surface area contributed by atoms with E-state index in [9.17, 15) is 9.59 Å². The van der Waals surface area contributed by atoms with Crippen LogP contribution in [0.4, 0.5) is 5.82 Å². The number of carbonyl (C=O) groups is 2. The van der Waals surface area contributed by atoms with Crippen molar-refractivity contribution in [2.45, 2.75) is 19.4 Å². The number of fused-ring (bicyclic) bond motifs is 1. The largest absolute Gasteiger partial charge is 0.339 e. The fourth-order valence-corrected chi connectivity index (χ4v) is 4.88. The standard InChI is InChI=1S/C27H25ClN6O2/c1-2-24(35)33-13-5-6-18(16-33)17-34-26-21(14-29-15-22(26)28)25(32-34)19-8-10-20(11-9-19)27(36)31-23-7-3-4-12-30-23/h2-4,7-12,14-15,18H,1,5-6,13,16-17H2,(H,30,31,36). The molecular formula is C27H25ClN6O2. The number of rotatable bonds is 6. The Hall–Kier alpha value is -4.04. The Bertz CT molecular complexity index is 1420. The van der Waals surface area contributed by atoms with Crippen LogP contribution < -0.4 is 5.32 Å². The lowest BCUT2D eigenvalue weighted by Gasteiger charge is -2.32. The third-order valence-electron chi connectivity index (χ3n) is 6.37. The number of nitrogens with zero attached hydrogens (tertiary/aromatic N) is 5. The molecule has 1 N–H and O–H groups in total. The first-order chi connectivity index (χ1) is 17.5. The van der Waals surface area contributed by atoms with Crippen LogP contribution in [0.3, 0.4) is 0 Å². The maximum atomic E-state index is 12.6. The lowest BCUT2D eigenvalue weighted by Crippen LogP contribution is -2.40. The summed E-state index contributed by atoms with van der Waals surface area (Å²) in [5.74, 6) is 0.463. The Morgan fingerprint density at radius 2 is 2.00 bits per heavy atom. The second-order valence-electron chi connectivity index (χ2n) is 8.79. The highest BCUT2D eigenvalue weighted by Gasteiger charge is 2.25. The maximum Gasteiger partial charge on any atom is 0.256 e. The molecular weight excluding hydrogens is 476 g/mol. The Balaban J connectivity index is 1.41. The lowest BCUT2D eigenvalue weighted by atomic mass is 9.98. The summed E-state index contributed by atoms with van der Waals surface area (Å²) in [6.07, 6.45) is 8.31. The van der Waals surface area contributed by atoms with Crippen LogP contribution in [0.1, 0.15) is 23.2 Å². The molecule has 1 unspecified atom stereocenters. The van der Waals surface area contributed by atoms with Crippen LogP contribution in [0.15, 0.2) is 73.7 Å². The molecule has 9 heteroatoms. The molecule has 4 heterocycles. The molecule has 1 aliphatic heterocycles. The van der Waals surface area contributed by atoms with Crippen molar-refractivity contribution in [3.8, 4) is 11.3 Å². The number of amides is 2. The van der Waals surface area contributed by atoms with Gasteiger partial charge in [0.1, 0.15) is 11.5 Å². The number of aromatic nitrogens is 4. The van der Waals surface area contributed by atoms with E-state index in [-0.39, 0.29) is 17.7 Å². The predicted molar refractivity (Wildman–Crippen MR) is 140 cm³/mol. The average Bonchev–Trinajstić information content (AvgIpc) is 3.28. The van der Waals surface area contributed by atoms with Crippen molar-refractivity contribution >= 4 is 40.1 Å². The minimum Gasteiger partial charge on any atom is -0.339 e. The predicted octanol–water partition coefficient (Wildman–Crippen LogP) is 4.82. The SMILES string of the molecule is C=CC(=O)N1CCCC(Cn2nc(-c3ccc(C(=O)Nc4ccccn4)cc3)c3cncc(Cl)c32)C1. The third-order valence-corrected chi connectivity index (χ3v) is 6.65. The van der Waals surface area contributed by atoms with Crippen LogP contribution in [0.5, 0.6) is 0 Å². The van der Waals surface area contributed by atoms with Gasteiger partial charge in [-0.3, -0.25) is 19.3 Å². The number of benzene rings is 1. The first-order valence-electron chi connectivity index (χ1n) is 11.8. The smallest absolute Gasteiger partial charge is 0.256 e. The summed E-state index contributed by atoms with van der Waals surface area (Å²) in [7, 11) is 0. The third kappa shape index (κ3) is 4.85. The fraction of sp³-hybridized carbons (Fsp3) is 0.222. The number of likely N-dealkylation sites (tertiary alicyclic amines) is 1. The first kappa shape index (κ1) is 23.7. The van der Waals surface area contributed by atoms with Gasteiger partial charge < -0.3 is 10.2 Å². The molecule has 182 valence electrons. The van der Waals surface area contributed by atoms with Crippen molar-refractivity contribution in [1.29, 1.82) is 0 Å². The summed E-state index contributed by atoms with van der Waals surface area (Å²) in [6.45, 7) is 5.65. The molecule has 2 amide bonds. The minimum atomic E-state index is -0.240. The molecule has 1 aliphatic rings. The van der Waals surface area contributed by atoms with E-state index < -0.39 is 0 Å². The highest BCUT2D eigenvalue weighted by atomic mass is 35.5. The van der Waals surface area contributed by atoms with Gasteiger partial charge in [0.05, 0.1) is 10.5 Å². The van der Waals surface area contributed by atoms with E-state index >= 15 is 0 Å². The lowest BCUT2D eigenvalue weighted by molar-refractivity contribution is -0.127. The average molecular weight is 501 g/mol. The molecule has 0 aliphatic carbocycles. The number of halogens is 1. The normalized spacial score (nSPS) is 15.6. The minimum absolute atomic E-state index is 0.0416. The maximum absolute atomic E-state index is 12.6. The number of nitrogens with one attached hydrogen (secondary N) is 1. The Morgan fingerprint density at radius 1 is 1.17 bits per heavy atom. The van der Waals surface area contributed by atoms with E-state index in [1.165, 1.54) is 6.08 Å². The van der Waals surface area contributed by atoms with Gasteiger partial charge in [0.15, 0.2) is 0 Å². The van der Waals surface area contributed by atoms with E-state index in [0.29, 0.717) is 29.5 Å². The molecule has 4 aromatic rings. The monoisotopic (exact) mass is 500 g/mol. The molecule has 0 bridgehead atoms. The summed E-state index contributed by atoms with van der Waals surface area (Å²) in [5.41, 5.74) is 2.92. The van der Waals surface area contributed by atoms with E-state index in [4.69, 9.17) is 16.7 Å². The van der Waals surface area contributed by atoms with Gasteiger partial charge in [-0.2, -0.15) is 5.10 Å². The van der Waals surface area contributed by atoms with Gasteiger partial charge >= 0.3 is 0 Å². The van der Waals surface area contributed by atoms with Crippen molar-refractivity contribution in [2.75, 3.05) is 18.4 Å². The summed E-state index contributed by atoms with van der Waals surface area (Å²) < 4.78 is 1.92.